The normalized spacial score (nSPS) is 11.2. The van der Waals surface area contributed by atoms with Gasteiger partial charge in [0, 0.05) is 11.9 Å². The van der Waals surface area contributed by atoms with Crippen LogP contribution in [0.4, 0.5) is 0 Å². The van der Waals surface area contributed by atoms with Gasteiger partial charge < -0.3 is 4.57 Å². The van der Waals surface area contributed by atoms with Crippen molar-refractivity contribution in [1.82, 2.24) is 24.7 Å². The zero-order chi connectivity index (χ0) is 16.5. The molecule has 24 heavy (non-hydrogen) atoms. The first-order valence-corrected chi connectivity index (χ1v) is 9.32. The fourth-order valence-electron chi connectivity index (χ4n) is 2.55. The average Bonchev–Trinajstić information content (AvgIpc) is 3.24. The number of fused-ring (bicyclic) bond motifs is 1. The summed E-state index contributed by atoms with van der Waals surface area (Å²) in [6.45, 7) is 4.99. The second-order valence-corrected chi connectivity index (χ2v) is 7.23. The quantitative estimate of drug-likeness (QED) is 0.508. The molecule has 3 heterocycles. The molecule has 0 atom stereocenters. The molecule has 0 aliphatic rings. The molecule has 0 aliphatic heterocycles. The fourth-order valence-corrected chi connectivity index (χ4v) is 4.22. The maximum Gasteiger partial charge on any atom is 0.197 e. The average molecular weight is 353 g/mol. The van der Waals surface area contributed by atoms with Crippen LogP contribution in [0.5, 0.6) is 0 Å². The van der Waals surface area contributed by atoms with Gasteiger partial charge in [0.15, 0.2) is 11.0 Å². The molecule has 4 aromatic rings. The lowest BCUT2D eigenvalue weighted by Gasteiger charge is -2.07. The molecule has 0 radical (unpaired) electrons. The van der Waals surface area contributed by atoms with Crippen molar-refractivity contribution in [1.29, 1.82) is 0 Å². The Kier molecular flexibility index (Phi) is 4.03. The number of hydrogen-bond acceptors (Lipinski definition) is 6. The highest BCUT2D eigenvalue weighted by Gasteiger charge is 2.16. The molecule has 1 aromatic carbocycles. The van der Waals surface area contributed by atoms with Crippen LogP contribution in [0.2, 0.25) is 0 Å². The van der Waals surface area contributed by atoms with E-state index in [1.165, 1.54) is 17.3 Å². The van der Waals surface area contributed by atoms with Crippen molar-refractivity contribution in [3.63, 3.8) is 0 Å². The van der Waals surface area contributed by atoms with E-state index in [-0.39, 0.29) is 0 Å². The molecule has 0 spiro atoms. The van der Waals surface area contributed by atoms with E-state index >= 15 is 0 Å². The third-order valence-electron chi connectivity index (χ3n) is 3.72. The summed E-state index contributed by atoms with van der Waals surface area (Å²) < 4.78 is 2.13. The second kappa shape index (κ2) is 6.33. The number of thiophene rings is 1. The van der Waals surface area contributed by atoms with Crippen LogP contribution in [0.3, 0.4) is 0 Å². The van der Waals surface area contributed by atoms with Gasteiger partial charge in [-0.1, -0.05) is 17.7 Å². The minimum atomic E-state index is 0.810. The molecule has 0 fully saturated rings. The van der Waals surface area contributed by atoms with E-state index in [9.17, 15) is 0 Å². The van der Waals surface area contributed by atoms with Crippen LogP contribution in [0.25, 0.3) is 21.6 Å². The Balaban J connectivity index is 1.78. The molecule has 0 saturated carbocycles. The molecule has 5 nitrogen and oxygen atoms in total. The number of nitrogens with zero attached hydrogens (tertiary/aromatic N) is 5. The van der Waals surface area contributed by atoms with Gasteiger partial charge in [-0.05, 0) is 49.2 Å². The third kappa shape index (κ3) is 2.70. The van der Waals surface area contributed by atoms with Gasteiger partial charge in [0.1, 0.15) is 11.4 Å². The topological polar surface area (TPSA) is 56.5 Å². The molecule has 120 valence electrons. The lowest BCUT2D eigenvalue weighted by atomic mass is 10.2. The zero-order valence-corrected chi connectivity index (χ0v) is 14.9. The van der Waals surface area contributed by atoms with Crippen LogP contribution in [-0.4, -0.2) is 24.7 Å². The molecule has 0 aliphatic carbocycles. The van der Waals surface area contributed by atoms with Crippen LogP contribution >= 0.6 is 23.1 Å². The third-order valence-corrected chi connectivity index (χ3v) is 5.59. The first-order valence-electron chi connectivity index (χ1n) is 7.62. The highest BCUT2D eigenvalue weighted by Crippen LogP contribution is 2.33. The van der Waals surface area contributed by atoms with Crippen LogP contribution in [0, 0.1) is 6.92 Å². The number of benzene rings is 1. The number of hydrogen-bond donors (Lipinski definition) is 0. The Hall–Kier alpha value is -2.25. The Morgan fingerprint density at radius 2 is 2.08 bits per heavy atom. The Morgan fingerprint density at radius 1 is 1.17 bits per heavy atom. The summed E-state index contributed by atoms with van der Waals surface area (Å²) in [6.07, 6.45) is 1.60. The first kappa shape index (κ1) is 15.3. The van der Waals surface area contributed by atoms with Gasteiger partial charge in [0.05, 0.1) is 10.4 Å². The summed E-state index contributed by atoms with van der Waals surface area (Å²) in [7, 11) is 0. The molecule has 0 N–H and O–H groups in total. The van der Waals surface area contributed by atoms with Gasteiger partial charge >= 0.3 is 0 Å². The standard InChI is InChI=1S/C17H15N5S2/c1-3-22-15(14-5-4-8-23-14)20-21-17(22)24-16-12-9-11(2)6-7-13(12)18-10-19-16/h4-10H,3H2,1-2H3. The predicted octanol–water partition coefficient (Wildman–Crippen LogP) is 4.43. The molecule has 0 saturated heterocycles. The molecule has 0 unspecified atom stereocenters. The molecule has 0 amide bonds. The van der Waals surface area contributed by atoms with Gasteiger partial charge in [-0.2, -0.15) is 0 Å². The Bertz CT molecular complexity index is 992. The van der Waals surface area contributed by atoms with Gasteiger partial charge in [-0.25, -0.2) is 9.97 Å². The molecular weight excluding hydrogens is 338 g/mol. The molecule has 3 aromatic heterocycles. The summed E-state index contributed by atoms with van der Waals surface area (Å²) in [5.41, 5.74) is 2.13. The van der Waals surface area contributed by atoms with E-state index in [1.807, 2.05) is 12.1 Å². The van der Waals surface area contributed by atoms with E-state index < -0.39 is 0 Å². The molecule has 0 bridgehead atoms. The molecule has 7 heteroatoms. The number of aryl methyl sites for hydroxylation is 1. The largest absolute Gasteiger partial charge is 0.301 e. The maximum absolute atomic E-state index is 4.46. The van der Waals surface area contributed by atoms with E-state index in [2.05, 4.69) is 62.2 Å². The zero-order valence-electron chi connectivity index (χ0n) is 13.3. The van der Waals surface area contributed by atoms with Gasteiger partial charge in [0.25, 0.3) is 0 Å². The highest BCUT2D eigenvalue weighted by molar-refractivity contribution is 7.99. The molecular formula is C17H15N5S2. The van der Waals surface area contributed by atoms with Crippen LogP contribution in [-0.2, 0) is 6.54 Å². The lowest BCUT2D eigenvalue weighted by Crippen LogP contribution is -1.99. The predicted molar refractivity (Wildman–Crippen MR) is 97.4 cm³/mol. The van der Waals surface area contributed by atoms with Crippen molar-refractivity contribution in [2.24, 2.45) is 0 Å². The van der Waals surface area contributed by atoms with Crippen molar-refractivity contribution in [2.75, 3.05) is 0 Å². The minimum Gasteiger partial charge on any atom is -0.301 e. The van der Waals surface area contributed by atoms with Crippen molar-refractivity contribution < 1.29 is 0 Å². The van der Waals surface area contributed by atoms with Crippen molar-refractivity contribution in [3.8, 4) is 10.7 Å². The summed E-state index contributed by atoms with van der Waals surface area (Å²) in [4.78, 5) is 9.94. The van der Waals surface area contributed by atoms with Crippen molar-refractivity contribution >= 4 is 34.0 Å². The summed E-state index contributed by atoms with van der Waals surface area (Å²) >= 11 is 3.21. The lowest BCUT2D eigenvalue weighted by molar-refractivity contribution is 0.687. The van der Waals surface area contributed by atoms with E-state index in [0.29, 0.717) is 0 Å². The summed E-state index contributed by atoms with van der Waals surface area (Å²) in [5, 5.41) is 13.6. The van der Waals surface area contributed by atoms with Gasteiger partial charge in [0.2, 0.25) is 0 Å². The number of aromatic nitrogens is 5. The van der Waals surface area contributed by atoms with Crippen LogP contribution in [0.1, 0.15) is 12.5 Å². The van der Waals surface area contributed by atoms with E-state index in [1.54, 1.807) is 17.7 Å². The van der Waals surface area contributed by atoms with Crippen LogP contribution < -0.4 is 0 Å². The minimum absolute atomic E-state index is 0.810. The monoisotopic (exact) mass is 353 g/mol. The number of rotatable bonds is 4. The first-order chi connectivity index (χ1) is 11.8. The van der Waals surface area contributed by atoms with E-state index in [4.69, 9.17) is 0 Å². The van der Waals surface area contributed by atoms with Gasteiger partial charge in [-0.3, -0.25) is 0 Å². The van der Waals surface area contributed by atoms with E-state index in [0.717, 1.165) is 38.3 Å². The second-order valence-electron chi connectivity index (χ2n) is 5.33. The highest BCUT2D eigenvalue weighted by atomic mass is 32.2. The maximum atomic E-state index is 4.46. The SMILES string of the molecule is CCn1c(Sc2ncnc3ccc(C)cc23)nnc1-c1cccs1. The summed E-state index contributed by atoms with van der Waals surface area (Å²) in [6, 6.07) is 10.3. The molecule has 4 rings (SSSR count). The van der Waals surface area contributed by atoms with Crippen molar-refractivity contribution in [3.05, 3.63) is 47.6 Å². The Morgan fingerprint density at radius 3 is 2.88 bits per heavy atom. The van der Waals surface area contributed by atoms with Gasteiger partial charge in [-0.15, -0.1) is 21.5 Å². The summed E-state index contributed by atoms with van der Waals surface area (Å²) in [5.74, 6) is 0.907. The fraction of sp³-hybridized carbons (Fsp3) is 0.176. The Labute approximate surface area is 147 Å². The van der Waals surface area contributed by atoms with Crippen LogP contribution in [0.15, 0.2) is 52.2 Å². The van der Waals surface area contributed by atoms with Crippen molar-refractivity contribution in [2.45, 2.75) is 30.6 Å². The smallest absolute Gasteiger partial charge is 0.197 e.